The molecular weight excluding hydrogens is 282 g/mol. The van der Waals surface area contributed by atoms with E-state index in [1.807, 2.05) is 0 Å². The van der Waals surface area contributed by atoms with Crippen LogP contribution in [0.4, 0.5) is 0 Å². The summed E-state index contributed by atoms with van der Waals surface area (Å²) in [5, 5.41) is 0. The molecular formula is C9H10BrNO3S. The second-order valence-electron chi connectivity index (χ2n) is 3.48. The first kappa shape index (κ1) is 10.9. The molecule has 0 N–H and O–H groups in total. The van der Waals surface area contributed by atoms with Gasteiger partial charge in [0.05, 0.1) is 23.8 Å². The minimum absolute atomic E-state index is 0.112. The van der Waals surface area contributed by atoms with Crippen LogP contribution in [0.25, 0.3) is 0 Å². The number of hydrogen-bond acceptors (Lipinski definition) is 4. The van der Waals surface area contributed by atoms with Gasteiger partial charge in [-0.1, -0.05) is 0 Å². The molecule has 82 valence electrons. The molecule has 0 radical (unpaired) electrons. The molecule has 1 aliphatic rings. The minimum Gasteiger partial charge on any atom is -0.448 e. The van der Waals surface area contributed by atoms with E-state index in [2.05, 4.69) is 20.9 Å². The van der Waals surface area contributed by atoms with Gasteiger partial charge in [0, 0.05) is 0 Å². The van der Waals surface area contributed by atoms with Crippen LogP contribution < -0.4 is 0 Å². The van der Waals surface area contributed by atoms with Crippen molar-refractivity contribution >= 4 is 32.0 Å². The van der Waals surface area contributed by atoms with Crippen LogP contribution in [0, 0.1) is 0 Å². The van der Waals surface area contributed by atoms with Crippen LogP contribution in [0.5, 0.6) is 0 Å². The fourth-order valence-corrected chi connectivity index (χ4v) is 3.43. The van der Waals surface area contributed by atoms with Gasteiger partial charge >= 0.3 is 0 Å². The van der Waals surface area contributed by atoms with E-state index in [0.717, 1.165) is 0 Å². The molecule has 2 heterocycles. The lowest BCUT2D eigenvalue weighted by Crippen LogP contribution is -2.07. The van der Waals surface area contributed by atoms with Gasteiger partial charge in [-0.15, -0.1) is 0 Å². The summed E-state index contributed by atoms with van der Waals surface area (Å²) in [5.41, 5.74) is 0. The number of aliphatic imine (C=N–C) groups is 1. The van der Waals surface area contributed by atoms with Crippen LogP contribution in [0.3, 0.4) is 0 Å². The van der Waals surface area contributed by atoms with Gasteiger partial charge in [0.15, 0.2) is 14.5 Å². The van der Waals surface area contributed by atoms with Gasteiger partial charge in [0.25, 0.3) is 0 Å². The molecule has 0 aliphatic carbocycles. The molecule has 1 aromatic heterocycles. The lowest BCUT2D eigenvalue weighted by Gasteiger charge is -1.97. The summed E-state index contributed by atoms with van der Waals surface area (Å²) < 4.78 is 28.2. The normalized spacial score (nSPS) is 25.0. The van der Waals surface area contributed by atoms with Crippen LogP contribution in [-0.2, 0) is 9.84 Å². The van der Waals surface area contributed by atoms with E-state index in [9.17, 15) is 8.42 Å². The average Bonchev–Trinajstić information content (AvgIpc) is 2.69. The smallest absolute Gasteiger partial charge is 0.169 e. The second-order valence-corrected chi connectivity index (χ2v) is 6.49. The first-order chi connectivity index (χ1) is 7.05. The summed E-state index contributed by atoms with van der Waals surface area (Å²) in [5.74, 6) is 1.04. The lowest BCUT2D eigenvalue weighted by molar-refractivity contribution is 0.534. The van der Waals surface area contributed by atoms with Gasteiger partial charge in [-0.2, -0.15) is 0 Å². The Morgan fingerprint density at radius 3 is 2.87 bits per heavy atom. The van der Waals surface area contributed by atoms with Crippen molar-refractivity contribution in [3.8, 4) is 0 Å². The van der Waals surface area contributed by atoms with Gasteiger partial charge in [-0.05, 0) is 34.5 Å². The van der Waals surface area contributed by atoms with Crippen LogP contribution in [0.15, 0.2) is 26.2 Å². The van der Waals surface area contributed by atoms with Crippen LogP contribution >= 0.6 is 15.9 Å². The molecule has 1 atom stereocenters. The number of halogens is 1. The molecule has 4 nitrogen and oxygen atoms in total. The number of furan rings is 1. The van der Waals surface area contributed by atoms with Crippen LogP contribution in [0.2, 0.25) is 0 Å². The Balaban J connectivity index is 2.01. The Morgan fingerprint density at radius 2 is 2.33 bits per heavy atom. The Kier molecular flexibility index (Phi) is 2.97. The maximum Gasteiger partial charge on any atom is 0.169 e. The third-order valence-electron chi connectivity index (χ3n) is 2.21. The van der Waals surface area contributed by atoms with Crippen molar-refractivity contribution in [1.29, 1.82) is 0 Å². The van der Waals surface area contributed by atoms with Crippen molar-refractivity contribution in [3.63, 3.8) is 0 Å². The molecule has 0 amide bonds. The predicted molar refractivity (Wildman–Crippen MR) is 61.1 cm³/mol. The number of sulfone groups is 1. The van der Waals surface area contributed by atoms with E-state index in [0.29, 0.717) is 16.9 Å². The highest BCUT2D eigenvalue weighted by Crippen LogP contribution is 2.16. The summed E-state index contributed by atoms with van der Waals surface area (Å²) in [7, 11) is -2.85. The zero-order valence-corrected chi connectivity index (χ0v) is 10.3. The van der Waals surface area contributed by atoms with Crippen molar-refractivity contribution in [1.82, 2.24) is 0 Å². The number of hydrogen-bond donors (Lipinski definition) is 0. The molecule has 1 aliphatic heterocycles. The molecule has 0 bridgehead atoms. The van der Waals surface area contributed by atoms with E-state index >= 15 is 0 Å². The van der Waals surface area contributed by atoms with Crippen LogP contribution in [0.1, 0.15) is 12.2 Å². The quantitative estimate of drug-likeness (QED) is 0.779. The first-order valence-electron chi connectivity index (χ1n) is 4.54. The van der Waals surface area contributed by atoms with Gasteiger partial charge in [-0.3, -0.25) is 4.99 Å². The van der Waals surface area contributed by atoms with Gasteiger partial charge in [0.1, 0.15) is 5.76 Å². The fourth-order valence-electron chi connectivity index (χ4n) is 1.47. The summed E-state index contributed by atoms with van der Waals surface area (Å²) in [6, 6.07) is 3.43. The van der Waals surface area contributed by atoms with E-state index in [-0.39, 0.29) is 17.5 Å². The van der Waals surface area contributed by atoms with Crippen molar-refractivity contribution in [2.75, 3.05) is 11.5 Å². The third-order valence-corrected chi connectivity index (χ3v) is 4.39. The molecule has 0 aromatic carbocycles. The van der Waals surface area contributed by atoms with Crippen molar-refractivity contribution in [2.45, 2.75) is 12.5 Å². The van der Waals surface area contributed by atoms with Gasteiger partial charge in [0.2, 0.25) is 0 Å². The number of nitrogens with zero attached hydrogens (tertiary/aromatic N) is 1. The van der Waals surface area contributed by atoms with E-state index in [1.54, 1.807) is 18.3 Å². The summed E-state index contributed by atoms with van der Waals surface area (Å²) in [4.78, 5) is 4.18. The molecule has 0 saturated carbocycles. The zero-order valence-electron chi connectivity index (χ0n) is 7.89. The number of rotatable bonds is 2. The Bertz CT molecular complexity index is 477. The minimum atomic E-state index is -2.85. The largest absolute Gasteiger partial charge is 0.448 e. The molecule has 0 spiro atoms. The monoisotopic (exact) mass is 291 g/mol. The van der Waals surface area contributed by atoms with Crippen molar-refractivity contribution in [3.05, 3.63) is 22.6 Å². The van der Waals surface area contributed by atoms with E-state index in [1.165, 1.54) is 0 Å². The average molecular weight is 292 g/mol. The molecule has 1 saturated heterocycles. The maximum atomic E-state index is 11.2. The van der Waals surface area contributed by atoms with E-state index in [4.69, 9.17) is 4.42 Å². The van der Waals surface area contributed by atoms with E-state index < -0.39 is 9.84 Å². The molecule has 2 rings (SSSR count). The molecule has 15 heavy (non-hydrogen) atoms. The Hall–Kier alpha value is -0.620. The van der Waals surface area contributed by atoms with Crippen molar-refractivity contribution in [2.24, 2.45) is 4.99 Å². The highest BCUT2D eigenvalue weighted by Gasteiger charge is 2.26. The Morgan fingerprint density at radius 1 is 1.53 bits per heavy atom. The van der Waals surface area contributed by atoms with Gasteiger partial charge in [-0.25, -0.2) is 8.42 Å². The van der Waals surface area contributed by atoms with Crippen LogP contribution in [-0.4, -0.2) is 32.2 Å². The lowest BCUT2D eigenvalue weighted by atomic mass is 10.3. The second kappa shape index (κ2) is 4.09. The molecule has 6 heteroatoms. The van der Waals surface area contributed by atoms with Crippen molar-refractivity contribution < 1.29 is 12.8 Å². The third kappa shape index (κ3) is 2.92. The summed E-state index contributed by atoms with van der Waals surface area (Å²) >= 11 is 3.18. The summed E-state index contributed by atoms with van der Waals surface area (Å²) in [6.07, 6.45) is 2.19. The van der Waals surface area contributed by atoms with Gasteiger partial charge < -0.3 is 4.42 Å². The first-order valence-corrected chi connectivity index (χ1v) is 7.15. The molecule has 1 aromatic rings. The molecule has 0 unspecified atom stereocenters. The Labute approximate surface area is 96.4 Å². The topological polar surface area (TPSA) is 59.6 Å². The predicted octanol–water partition coefficient (Wildman–Crippen LogP) is 1.65. The maximum absolute atomic E-state index is 11.2. The highest BCUT2D eigenvalue weighted by atomic mass is 79.9. The fraction of sp³-hybridized carbons (Fsp3) is 0.444. The highest BCUT2D eigenvalue weighted by molar-refractivity contribution is 9.10. The summed E-state index contributed by atoms with van der Waals surface area (Å²) in [6.45, 7) is 0. The molecule has 1 fully saturated rings. The SMILES string of the molecule is O=S1(=O)CC[C@@H](N=Cc2ccc(Br)o2)C1. The zero-order chi connectivity index (χ0) is 10.9. The standard InChI is InChI=1S/C9H10BrNO3S/c10-9-2-1-8(14-9)5-11-7-3-4-15(12,13)6-7/h1-2,5,7H,3-4,6H2/t7-/m1/s1.